The normalized spacial score (nSPS) is 11.5. The van der Waals surface area contributed by atoms with Crippen molar-refractivity contribution in [3.8, 4) is 0 Å². The lowest BCUT2D eigenvalue weighted by molar-refractivity contribution is -0.121. The van der Waals surface area contributed by atoms with Gasteiger partial charge in [-0.25, -0.2) is 0 Å². The summed E-state index contributed by atoms with van der Waals surface area (Å²) in [5.74, 6) is 0.155. The van der Waals surface area contributed by atoms with E-state index >= 15 is 0 Å². The van der Waals surface area contributed by atoms with Gasteiger partial charge in [-0.2, -0.15) is 0 Å². The third kappa shape index (κ3) is 13.3. The van der Waals surface area contributed by atoms with Gasteiger partial charge >= 0.3 is 0 Å². The molecule has 0 radical (unpaired) electrons. The van der Waals surface area contributed by atoms with E-state index in [1.807, 2.05) is 0 Å². The first-order chi connectivity index (χ1) is 7.95. The number of amides is 1. The van der Waals surface area contributed by atoms with Gasteiger partial charge in [-0.05, 0) is 18.3 Å². The first-order valence-corrected chi connectivity index (χ1v) is 6.42. The first kappa shape index (κ1) is 16.4. The molecule has 102 valence electrons. The van der Waals surface area contributed by atoms with Gasteiger partial charge in [0.05, 0.1) is 6.61 Å². The number of carbonyl (C=O) groups excluding carboxylic acids is 1. The standard InChI is InChI=1S/C13H28N2O2/c1-13(2,3)7-5-6-12(16)15-9-8-14-10-11-17-4/h14H,5-11H2,1-4H3,(H,15,16). The van der Waals surface area contributed by atoms with Crippen LogP contribution in [0.3, 0.4) is 0 Å². The molecule has 17 heavy (non-hydrogen) atoms. The molecule has 0 fully saturated rings. The average molecular weight is 244 g/mol. The molecule has 0 bridgehead atoms. The highest BCUT2D eigenvalue weighted by Gasteiger charge is 2.10. The smallest absolute Gasteiger partial charge is 0.220 e. The van der Waals surface area contributed by atoms with Crippen LogP contribution in [-0.4, -0.2) is 39.3 Å². The summed E-state index contributed by atoms with van der Waals surface area (Å²) in [6.07, 6.45) is 2.69. The largest absolute Gasteiger partial charge is 0.383 e. The topological polar surface area (TPSA) is 50.4 Å². The van der Waals surface area contributed by atoms with Gasteiger partial charge in [0, 0.05) is 33.2 Å². The molecule has 0 aromatic heterocycles. The van der Waals surface area contributed by atoms with Gasteiger partial charge in [-0.1, -0.05) is 20.8 Å². The zero-order valence-corrected chi connectivity index (χ0v) is 11.8. The van der Waals surface area contributed by atoms with E-state index in [9.17, 15) is 4.79 Å². The Morgan fingerprint density at radius 3 is 2.47 bits per heavy atom. The fourth-order valence-corrected chi connectivity index (χ4v) is 1.46. The van der Waals surface area contributed by atoms with Crippen LogP contribution in [0.25, 0.3) is 0 Å². The molecule has 0 saturated heterocycles. The number of hydrogen-bond acceptors (Lipinski definition) is 3. The molecular formula is C13H28N2O2. The van der Waals surface area contributed by atoms with Crippen LogP contribution in [0.5, 0.6) is 0 Å². The molecule has 0 atom stereocenters. The number of hydrogen-bond donors (Lipinski definition) is 2. The zero-order valence-electron chi connectivity index (χ0n) is 11.8. The van der Waals surface area contributed by atoms with Crippen molar-refractivity contribution in [1.82, 2.24) is 10.6 Å². The molecule has 0 aliphatic rings. The van der Waals surface area contributed by atoms with Crippen LogP contribution in [0.1, 0.15) is 40.0 Å². The predicted molar refractivity (Wildman–Crippen MR) is 71.1 cm³/mol. The quantitative estimate of drug-likeness (QED) is 0.605. The Hall–Kier alpha value is -0.610. The SMILES string of the molecule is COCCNCCNC(=O)CCCC(C)(C)C. The van der Waals surface area contributed by atoms with Crippen molar-refractivity contribution >= 4 is 5.91 Å². The number of ether oxygens (including phenoxy) is 1. The van der Waals surface area contributed by atoms with Crippen molar-refractivity contribution in [2.24, 2.45) is 5.41 Å². The van der Waals surface area contributed by atoms with Crippen LogP contribution in [-0.2, 0) is 9.53 Å². The van der Waals surface area contributed by atoms with Gasteiger partial charge in [0.25, 0.3) is 0 Å². The van der Waals surface area contributed by atoms with Gasteiger partial charge in [-0.15, -0.1) is 0 Å². The fourth-order valence-electron chi connectivity index (χ4n) is 1.46. The molecule has 0 aromatic rings. The summed E-state index contributed by atoms with van der Waals surface area (Å²) < 4.78 is 4.90. The molecule has 0 saturated carbocycles. The molecule has 4 nitrogen and oxygen atoms in total. The Morgan fingerprint density at radius 2 is 1.88 bits per heavy atom. The Kier molecular flexibility index (Phi) is 9.09. The maximum Gasteiger partial charge on any atom is 0.220 e. The van der Waals surface area contributed by atoms with Crippen LogP contribution in [0.2, 0.25) is 0 Å². The van der Waals surface area contributed by atoms with E-state index in [0.29, 0.717) is 25.0 Å². The summed E-state index contributed by atoms with van der Waals surface area (Å²) >= 11 is 0. The zero-order chi connectivity index (χ0) is 13.1. The van der Waals surface area contributed by atoms with Crippen LogP contribution in [0.15, 0.2) is 0 Å². The minimum atomic E-state index is 0.155. The first-order valence-electron chi connectivity index (χ1n) is 6.42. The minimum absolute atomic E-state index is 0.155. The maximum atomic E-state index is 11.5. The Balaban J connectivity index is 3.29. The molecule has 4 heteroatoms. The third-order valence-corrected chi connectivity index (χ3v) is 2.44. The lowest BCUT2D eigenvalue weighted by Crippen LogP contribution is -2.33. The number of nitrogens with one attached hydrogen (secondary N) is 2. The minimum Gasteiger partial charge on any atom is -0.383 e. The van der Waals surface area contributed by atoms with Crippen LogP contribution < -0.4 is 10.6 Å². The van der Waals surface area contributed by atoms with Crippen LogP contribution in [0.4, 0.5) is 0 Å². The van der Waals surface area contributed by atoms with Crippen molar-refractivity contribution in [1.29, 1.82) is 0 Å². The van der Waals surface area contributed by atoms with Gasteiger partial charge in [-0.3, -0.25) is 4.79 Å². The summed E-state index contributed by atoms with van der Waals surface area (Å²) in [6, 6.07) is 0. The lowest BCUT2D eigenvalue weighted by atomic mass is 9.90. The maximum absolute atomic E-state index is 11.5. The molecule has 0 aliphatic carbocycles. The predicted octanol–water partition coefficient (Wildman–Crippen LogP) is 1.55. The molecule has 1 amide bonds. The Bertz CT molecular complexity index is 200. The summed E-state index contributed by atoms with van der Waals surface area (Å²) in [7, 11) is 1.68. The van der Waals surface area contributed by atoms with Crippen molar-refractivity contribution in [3.63, 3.8) is 0 Å². The monoisotopic (exact) mass is 244 g/mol. The second-order valence-electron chi connectivity index (χ2n) is 5.51. The number of rotatable bonds is 9. The van der Waals surface area contributed by atoms with Gasteiger partial charge in [0.2, 0.25) is 5.91 Å². The molecule has 0 aromatic carbocycles. The highest BCUT2D eigenvalue weighted by molar-refractivity contribution is 5.75. The number of carbonyl (C=O) groups is 1. The summed E-state index contributed by atoms with van der Waals surface area (Å²) in [6.45, 7) is 9.63. The summed E-state index contributed by atoms with van der Waals surface area (Å²) in [4.78, 5) is 11.5. The Labute approximate surface area is 105 Å². The summed E-state index contributed by atoms with van der Waals surface area (Å²) in [5, 5.41) is 6.09. The molecule has 0 unspecified atom stereocenters. The lowest BCUT2D eigenvalue weighted by Gasteiger charge is -2.17. The molecule has 0 aliphatic heterocycles. The number of methoxy groups -OCH3 is 1. The average Bonchev–Trinajstić information content (AvgIpc) is 2.21. The third-order valence-electron chi connectivity index (χ3n) is 2.44. The van der Waals surface area contributed by atoms with Crippen LogP contribution >= 0.6 is 0 Å². The van der Waals surface area contributed by atoms with E-state index < -0.39 is 0 Å². The van der Waals surface area contributed by atoms with Crippen molar-refractivity contribution < 1.29 is 9.53 Å². The highest BCUT2D eigenvalue weighted by atomic mass is 16.5. The molecular weight excluding hydrogens is 216 g/mol. The Morgan fingerprint density at radius 1 is 1.18 bits per heavy atom. The van der Waals surface area contributed by atoms with Crippen molar-refractivity contribution in [3.05, 3.63) is 0 Å². The van der Waals surface area contributed by atoms with E-state index in [0.717, 1.165) is 25.9 Å². The molecule has 0 spiro atoms. The fraction of sp³-hybridized carbons (Fsp3) is 0.923. The molecule has 0 heterocycles. The van der Waals surface area contributed by atoms with Crippen molar-refractivity contribution in [2.75, 3.05) is 33.4 Å². The van der Waals surface area contributed by atoms with E-state index in [4.69, 9.17) is 4.74 Å². The van der Waals surface area contributed by atoms with E-state index in [1.165, 1.54) is 0 Å². The second-order valence-corrected chi connectivity index (χ2v) is 5.51. The van der Waals surface area contributed by atoms with E-state index in [1.54, 1.807) is 7.11 Å². The van der Waals surface area contributed by atoms with Crippen molar-refractivity contribution in [2.45, 2.75) is 40.0 Å². The summed E-state index contributed by atoms with van der Waals surface area (Å²) in [5.41, 5.74) is 0.321. The van der Waals surface area contributed by atoms with Crippen LogP contribution in [0, 0.1) is 5.41 Å². The molecule has 0 rings (SSSR count). The second kappa shape index (κ2) is 9.42. The van der Waals surface area contributed by atoms with E-state index in [-0.39, 0.29) is 5.91 Å². The van der Waals surface area contributed by atoms with Gasteiger partial charge in [0.15, 0.2) is 0 Å². The molecule has 2 N–H and O–H groups in total. The van der Waals surface area contributed by atoms with Gasteiger partial charge in [0.1, 0.15) is 0 Å². The van der Waals surface area contributed by atoms with E-state index in [2.05, 4.69) is 31.4 Å². The van der Waals surface area contributed by atoms with Gasteiger partial charge < -0.3 is 15.4 Å². The highest BCUT2D eigenvalue weighted by Crippen LogP contribution is 2.21.